The number of rotatable bonds is 34. The van der Waals surface area contributed by atoms with Crippen LogP contribution < -0.4 is 11.1 Å². The third kappa shape index (κ3) is 13.8. The summed E-state index contributed by atoms with van der Waals surface area (Å²) in [7, 11) is 0. The molecule has 1 aromatic carbocycles. The van der Waals surface area contributed by atoms with E-state index >= 15 is 14.4 Å². The zero-order valence-corrected chi connectivity index (χ0v) is 55.8. The number of aromatic nitrogens is 1. The van der Waals surface area contributed by atoms with Crippen molar-refractivity contribution in [2.45, 2.75) is 256 Å². The fourth-order valence-electron chi connectivity index (χ4n) is 13.5. The molecule has 7 aromatic rings. The van der Waals surface area contributed by atoms with Crippen LogP contribution >= 0.6 is 56.7 Å². The van der Waals surface area contributed by atoms with Crippen LogP contribution in [-0.4, -0.2) is 27.3 Å². The fraction of sp³-hybridized carbons (Fsp3) is 0.629. The molecule has 81 heavy (non-hydrogen) atoms. The summed E-state index contributed by atoms with van der Waals surface area (Å²) in [6, 6.07) is 8.66. The molecule has 0 fully saturated rings. The lowest BCUT2D eigenvalue weighted by atomic mass is 9.84. The first-order valence-electron chi connectivity index (χ1n) is 32.4. The van der Waals surface area contributed by atoms with E-state index in [0.29, 0.717) is 58.0 Å². The van der Waals surface area contributed by atoms with Gasteiger partial charge in [-0.2, -0.15) is 0 Å². The van der Waals surface area contributed by atoms with Gasteiger partial charge in [0, 0.05) is 41.5 Å². The van der Waals surface area contributed by atoms with Gasteiger partial charge in [0.25, 0.3) is 22.9 Å². The zero-order chi connectivity index (χ0) is 58.1. The first kappa shape index (κ1) is 63.5. The van der Waals surface area contributed by atoms with Crippen molar-refractivity contribution in [3.05, 3.63) is 77.0 Å². The van der Waals surface area contributed by atoms with E-state index in [1.54, 1.807) is 27.6 Å². The third-order valence-electron chi connectivity index (χ3n) is 18.8. The molecule has 442 valence electrons. The minimum absolute atomic E-state index is 0.144. The summed E-state index contributed by atoms with van der Waals surface area (Å²) >= 11 is 8.52. The topological polar surface area (TPSA) is 76.5 Å². The quantitative estimate of drug-likeness (QED) is 0.0377. The number of amides is 2. The second-order valence-corrected chi connectivity index (χ2v) is 30.2. The van der Waals surface area contributed by atoms with Crippen molar-refractivity contribution in [3.63, 3.8) is 0 Å². The monoisotopic (exact) mass is 1190 g/mol. The molecule has 0 saturated heterocycles. The maximum atomic E-state index is 16.1. The molecule has 6 nitrogen and oxygen atoms in total. The fourth-order valence-corrected chi connectivity index (χ4v) is 19.7. The summed E-state index contributed by atoms with van der Waals surface area (Å²) in [6.07, 6.45) is 27.1. The number of fused-ring (bicyclic) bond motifs is 6. The highest BCUT2D eigenvalue weighted by atomic mass is 32.1. The minimum atomic E-state index is -0.259. The van der Waals surface area contributed by atoms with E-state index in [9.17, 15) is 4.79 Å². The second-order valence-electron chi connectivity index (χ2n) is 24.5. The zero-order valence-electron chi connectivity index (χ0n) is 51.7. The molecule has 8 rings (SSSR count). The molecule has 0 saturated carbocycles. The van der Waals surface area contributed by atoms with Gasteiger partial charge < -0.3 is 0 Å². The number of thiophene rings is 5. The molecule has 0 N–H and O–H groups in total. The molecule has 6 aromatic heterocycles. The summed E-state index contributed by atoms with van der Waals surface area (Å²) in [6.45, 7) is 27.6. The molecule has 1 aliphatic rings. The summed E-state index contributed by atoms with van der Waals surface area (Å²) in [4.78, 5) is 69.7. The van der Waals surface area contributed by atoms with E-state index in [2.05, 4.69) is 88.3 Å². The van der Waals surface area contributed by atoms with Crippen LogP contribution in [0.15, 0.2) is 33.9 Å². The van der Waals surface area contributed by atoms with Crippen LogP contribution in [0.25, 0.3) is 59.9 Å². The third-order valence-corrected chi connectivity index (χ3v) is 25.0. The lowest BCUT2D eigenvalue weighted by Gasteiger charge is -2.32. The predicted octanol–water partition coefficient (Wildman–Crippen LogP) is 22.4. The van der Waals surface area contributed by atoms with E-state index in [1.807, 2.05) is 41.7 Å². The molecule has 11 heteroatoms. The van der Waals surface area contributed by atoms with Crippen LogP contribution in [0.2, 0.25) is 0 Å². The van der Waals surface area contributed by atoms with Gasteiger partial charge in [-0.1, -0.05) is 198 Å². The van der Waals surface area contributed by atoms with Crippen LogP contribution in [0.4, 0.5) is 0 Å². The number of carbonyl (C=O) groups is 2. The van der Waals surface area contributed by atoms with Crippen LogP contribution in [0.3, 0.4) is 0 Å². The summed E-state index contributed by atoms with van der Waals surface area (Å²) < 4.78 is 5.94. The molecule has 0 spiro atoms. The van der Waals surface area contributed by atoms with E-state index in [-0.39, 0.29) is 29.0 Å². The number of unbranched alkanes of at least 4 members (excludes halogenated alkanes) is 5. The number of benzene rings is 1. The van der Waals surface area contributed by atoms with Gasteiger partial charge in [-0.15, -0.1) is 56.7 Å². The number of hydrogen-bond acceptors (Lipinski definition) is 9. The van der Waals surface area contributed by atoms with Crippen LogP contribution in [0, 0.1) is 43.4 Å². The number of aryl methyl sites for hydroxylation is 2. The summed E-state index contributed by atoms with van der Waals surface area (Å²) in [5.74, 6) is 2.08. The predicted molar refractivity (Wildman–Crippen MR) is 359 cm³/mol. The molecule has 1 aliphatic heterocycles. The Bertz CT molecular complexity index is 3290. The lowest BCUT2D eigenvalue weighted by Crippen LogP contribution is -2.42. The number of imide groups is 1. The standard InChI is InChI=1S/C70H98N2O4S5/c1-13-23-28-45(18-6)33-34-71-67(73)55-36-44(12)78-63(55)64-56(68(71)74)42-58(80-64)66-60-59(69(75)72(70(60)76)50(37-46(19-7)29-24-14-2)38-47(20-8)30-25-15-3)65(81-66)57-41-54-53(40-49(22-10)32-27-17-5)61-51(35-43(11)77-61)52(62(54)79-57)39-48(21-9)31-26-16-4/h35-36,41-42,45-50H,13-34,37-40H2,1-12H3. The Morgan fingerprint density at radius 2 is 0.778 bits per heavy atom. The summed E-state index contributed by atoms with van der Waals surface area (Å²) in [5.41, 5.74) is 3.51. The highest BCUT2D eigenvalue weighted by Crippen LogP contribution is 2.54. The largest absolute Gasteiger partial charge is 0.274 e. The molecule has 7 heterocycles. The van der Waals surface area contributed by atoms with Gasteiger partial charge in [0.15, 0.2) is 0 Å². The van der Waals surface area contributed by atoms with Gasteiger partial charge in [-0.05, 0) is 122 Å². The van der Waals surface area contributed by atoms with Gasteiger partial charge in [-0.3, -0.25) is 28.6 Å². The van der Waals surface area contributed by atoms with Crippen molar-refractivity contribution in [3.8, 4) is 19.5 Å². The van der Waals surface area contributed by atoms with Crippen molar-refractivity contribution in [2.24, 2.45) is 29.6 Å². The maximum absolute atomic E-state index is 16.1. The van der Waals surface area contributed by atoms with Gasteiger partial charge in [0.1, 0.15) is 0 Å². The maximum Gasteiger partial charge on any atom is 0.263 e. The molecular formula is C70H98N2O4S5. The number of nitrogens with zero attached hydrogens (tertiary/aromatic N) is 2. The average molecular weight is 1190 g/mol. The molecule has 0 bridgehead atoms. The normalized spacial score (nSPS) is 15.3. The van der Waals surface area contributed by atoms with Crippen molar-refractivity contribution < 1.29 is 9.59 Å². The van der Waals surface area contributed by atoms with Gasteiger partial charge in [-0.25, -0.2) is 0 Å². The molecular weight excluding hydrogens is 1090 g/mol. The Kier molecular flexibility index (Phi) is 23.2. The van der Waals surface area contributed by atoms with Crippen molar-refractivity contribution in [1.82, 2.24) is 9.47 Å². The SMILES string of the molecule is CCCCC(CC)CCn1c(=O)c2cc(C)sc2c2sc(-c3sc(-c4cc5c(CC(CC)CCCC)c6sc(C)cc6c(CC(CC)CCCC)c5s4)c4c3C(=O)N(C(CC(CC)CCCC)CC(CC)CCCC)C4=O)cc2c1=O. The van der Waals surface area contributed by atoms with Crippen LogP contribution in [0.5, 0.6) is 0 Å². The molecule has 0 radical (unpaired) electrons. The van der Waals surface area contributed by atoms with Gasteiger partial charge in [0.2, 0.25) is 0 Å². The van der Waals surface area contributed by atoms with Crippen molar-refractivity contribution in [2.75, 3.05) is 0 Å². The highest BCUT2D eigenvalue weighted by Gasteiger charge is 2.47. The molecule has 5 atom stereocenters. The highest BCUT2D eigenvalue weighted by molar-refractivity contribution is 7.32. The Hall–Kier alpha value is -3.48. The molecule has 5 unspecified atom stereocenters. The van der Waals surface area contributed by atoms with E-state index in [1.165, 1.54) is 90.6 Å². The van der Waals surface area contributed by atoms with E-state index in [0.717, 1.165) is 156 Å². The Morgan fingerprint density at radius 3 is 1.25 bits per heavy atom. The average Bonchev–Trinajstić information content (AvgIpc) is 4.06. The lowest BCUT2D eigenvalue weighted by molar-refractivity contribution is 0.0528. The first-order valence-corrected chi connectivity index (χ1v) is 36.4. The van der Waals surface area contributed by atoms with Gasteiger partial charge >= 0.3 is 0 Å². The van der Waals surface area contributed by atoms with E-state index in [4.69, 9.17) is 0 Å². The smallest absolute Gasteiger partial charge is 0.263 e. The molecule has 0 aliphatic carbocycles. The van der Waals surface area contributed by atoms with Crippen molar-refractivity contribution in [1.29, 1.82) is 0 Å². The van der Waals surface area contributed by atoms with Crippen LogP contribution in [0.1, 0.15) is 259 Å². The van der Waals surface area contributed by atoms with E-state index < -0.39 is 0 Å². The minimum Gasteiger partial charge on any atom is -0.274 e. The van der Waals surface area contributed by atoms with Gasteiger partial charge in [0.05, 0.1) is 41.1 Å². The summed E-state index contributed by atoms with van der Waals surface area (Å²) in [5, 5.41) is 3.86. The Morgan fingerprint density at radius 1 is 0.407 bits per heavy atom. The van der Waals surface area contributed by atoms with Crippen LogP contribution in [-0.2, 0) is 19.4 Å². The van der Waals surface area contributed by atoms with Crippen molar-refractivity contribution >= 4 is 109 Å². The second kappa shape index (κ2) is 29.6. The Labute approximate surface area is 506 Å². The number of hydrogen-bond donors (Lipinski definition) is 0. The first-order chi connectivity index (χ1) is 39.2. The number of carbonyl (C=O) groups excluding carboxylic acids is 2. The Balaban J connectivity index is 1.40. The molecule has 2 amide bonds.